The summed E-state index contributed by atoms with van der Waals surface area (Å²) in [5.41, 5.74) is 0. The third-order valence-electron chi connectivity index (χ3n) is 4.76. The van der Waals surface area contributed by atoms with Crippen LogP contribution in [-0.2, 0) is 11.3 Å². The maximum atomic E-state index is 11.6. The summed E-state index contributed by atoms with van der Waals surface area (Å²) in [4.78, 5) is 15.5. The van der Waals surface area contributed by atoms with Crippen molar-refractivity contribution in [1.29, 1.82) is 0 Å². The molecule has 3 nitrogen and oxygen atoms in total. The van der Waals surface area contributed by atoms with Gasteiger partial charge in [0.1, 0.15) is 0 Å². The van der Waals surface area contributed by atoms with Crippen LogP contribution >= 0.6 is 11.3 Å². The van der Waals surface area contributed by atoms with Crippen molar-refractivity contribution in [3.05, 3.63) is 22.4 Å². The third-order valence-corrected chi connectivity index (χ3v) is 5.62. The molecule has 2 fully saturated rings. The van der Waals surface area contributed by atoms with Crippen LogP contribution in [0.2, 0.25) is 0 Å². The van der Waals surface area contributed by atoms with Crippen LogP contribution in [0.25, 0.3) is 0 Å². The summed E-state index contributed by atoms with van der Waals surface area (Å²) < 4.78 is 0. The van der Waals surface area contributed by atoms with Gasteiger partial charge in [0.05, 0.1) is 5.92 Å². The van der Waals surface area contributed by atoms with Gasteiger partial charge >= 0.3 is 5.97 Å². The quantitative estimate of drug-likeness (QED) is 0.901. The average Bonchev–Trinajstić information content (AvgIpc) is 3.12. The Kier molecular flexibility index (Phi) is 4.13. The topological polar surface area (TPSA) is 40.5 Å². The average molecular weight is 293 g/mol. The first kappa shape index (κ1) is 14.1. The Morgan fingerprint density at radius 2 is 2.20 bits per heavy atom. The molecule has 1 aromatic rings. The summed E-state index contributed by atoms with van der Waals surface area (Å²) in [5.74, 6) is -0.120. The molecule has 0 amide bonds. The maximum absolute atomic E-state index is 11.6. The van der Waals surface area contributed by atoms with E-state index < -0.39 is 5.97 Å². The lowest BCUT2D eigenvalue weighted by Crippen LogP contribution is -2.47. The zero-order chi connectivity index (χ0) is 14.1. The Labute approximate surface area is 124 Å². The molecular formula is C16H23NO2S. The van der Waals surface area contributed by atoms with E-state index in [0.29, 0.717) is 12.0 Å². The van der Waals surface area contributed by atoms with E-state index >= 15 is 0 Å². The van der Waals surface area contributed by atoms with E-state index in [2.05, 4.69) is 29.3 Å². The van der Waals surface area contributed by atoms with Gasteiger partial charge < -0.3 is 5.11 Å². The van der Waals surface area contributed by atoms with Crippen LogP contribution in [0.3, 0.4) is 0 Å². The summed E-state index contributed by atoms with van der Waals surface area (Å²) in [6.45, 7) is 3.20. The van der Waals surface area contributed by atoms with Crippen LogP contribution < -0.4 is 0 Å². The molecular weight excluding hydrogens is 270 g/mol. The van der Waals surface area contributed by atoms with E-state index in [1.165, 1.54) is 17.7 Å². The van der Waals surface area contributed by atoms with Crippen molar-refractivity contribution in [3.63, 3.8) is 0 Å². The fourth-order valence-electron chi connectivity index (χ4n) is 3.51. The normalized spacial score (nSPS) is 30.6. The van der Waals surface area contributed by atoms with Crippen LogP contribution in [0, 0.1) is 11.8 Å². The van der Waals surface area contributed by atoms with Gasteiger partial charge in [-0.15, -0.1) is 11.3 Å². The van der Waals surface area contributed by atoms with E-state index in [1.54, 1.807) is 11.3 Å². The highest BCUT2D eigenvalue weighted by atomic mass is 32.1. The molecule has 0 saturated heterocycles. The Balaban J connectivity index is 1.78. The molecule has 20 heavy (non-hydrogen) atoms. The second-order valence-corrected chi connectivity index (χ2v) is 7.45. The predicted molar refractivity (Wildman–Crippen MR) is 80.8 cm³/mol. The minimum atomic E-state index is -0.598. The van der Waals surface area contributed by atoms with Gasteiger partial charge in [-0.2, -0.15) is 0 Å². The highest BCUT2D eigenvalue weighted by molar-refractivity contribution is 7.09. The summed E-state index contributed by atoms with van der Waals surface area (Å²) >= 11 is 1.78. The van der Waals surface area contributed by atoms with Gasteiger partial charge in [0.25, 0.3) is 0 Å². The SMILES string of the molecule is CC1CCC(C(=O)O)C(N(Cc2cccs2)C2CC2)C1. The first-order chi connectivity index (χ1) is 9.65. The molecule has 110 valence electrons. The maximum Gasteiger partial charge on any atom is 0.308 e. The van der Waals surface area contributed by atoms with Crippen LogP contribution in [-0.4, -0.2) is 28.1 Å². The lowest BCUT2D eigenvalue weighted by atomic mass is 9.78. The van der Waals surface area contributed by atoms with Gasteiger partial charge in [-0.25, -0.2) is 0 Å². The fraction of sp³-hybridized carbons (Fsp3) is 0.688. The van der Waals surface area contributed by atoms with Gasteiger partial charge in [0, 0.05) is 23.5 Å². The molecule has 0 radical (unpaired) electrons. The molecule has 2 saturated carbocycles. The Morgan fingerprint density at radius 3 is 2.80 bits per heavy atom. The van der Waals surface area contributed by atoms with Crippen molar-refractivity contribution in [1.82, 2.24) is 4.90 Å². The number of hydrogen-bond acceptors (Lipinski definition) is 3. The largest absolute Gasteiger partial charge is 0.481 e. The van der Waals surface area contributed by atoms with Crippen molar-refractivity contribution in [2.24, 2.45) is 11.8 Å². The van der Waals surface area contributed by atoms with Crippen molar-refractivity contribution in [2.45, 2.75) is 57.7 Å². The molecule has 0 aliphatic heterocycles. The zero-order valence-corrected chi connectivity index (χ0v) is 12.8. The van der Waals surface area contributed by atoms with Crippen LogP contribution in [0.15, 0.2) is 17.5 Å². The first-order valence-electron chi connectivity index (χ1n) is 7.66. The zero-order valence-electron chi connectivity index (χ0n) is 12.0. The molecule has 0 spiro atoms. The Hall–Kier alpha value is -0.870. The molecule has 2 aliphatic rings. The number of carboxylic acids is 1. The van der Waals surface area contributed by atoms with Crippen LogP contribution in [0.5, 0.6) is 0 Å². The molecule has 4 heteroatoms. The summed E-state index contributed by atoms with van der Waals surface area (Å²) in [6.07, 6.45) is 5.42. The monoisotopic (exact) mass is 293 g/mol. The molecule has 1 heterocycles. The number of rotatable bonds is 5. The van der Waals surface area contributed by atoms with Gasteiger partial charge in [0.15, 0.2) is 0 Å². The molecule has 1 N–H and O–H groups in total. The molecule has 0 aromatic carbocycles. The van der Waals surface area contributed by atoms with Crippen molar-refractivity contribution in [2.75, 3.05) is 0 Å². The highest BCUT2D eigenvalue weighted by Crippen LogP contribution is 2.39. The second-order valence-electron chi connectivity index (χ2n) is 6.41. The molecule has 3 rings (SSSR count). The standard InChI is InChI=1S/C16H23NO2S/c1-11-4-7-14(16(18)19)15(9-11)17(12-5-6-12)10-13-3-2-8-20-13/h2-3,8,11-12,14-15H,4-7,9-10H2,1H3,(H,18,19). The van der Waals surface area contributed by atoms with Crippen molar-refractivity contribution >= 4 is 17.3 Å². The number of carboxylic acid groups (broad SMARTS) is 1. The Bertz CT molecular complexity index is 455. The Morgan fingerprint density at radius 1 is 1.40 bits per heavy atom. The highest BCUT2D eigenvalue weighted by Gasteiger charge is 2.42. The molecule has 0 bridgehead atoms. The summed E-state index contributed by atoms with van der Waals surface area (Å²) in [5, 5.41) is 11.7. The lowest BCUT2D eigenvalue weighted by molar-refractivity contribution is -0.146. The summed E-state index contributed by atoms with van der Waals surface area (Å²) in [6, 6.07) is 5.10. The minimum Gasteiger partial charge on any atom is -0.481 e. The number of aliphatic carboxylic acids is 1. The first-order valence-corrected chi connectivity index (χ1v) is 8.54. The van der Waals surface area contributed by atoms with E-state index in [9.17, 15) is 9.90 Å². The second kappa shape index (κ2) is 5.86. The van der Waals surface area contributed by atoms with E-state index in [1.807, 2.05) is 0 Å². The predicted octanol–water partition coefficient (Wildman–Crippen LogP) is 3.60. The van der Waals surface area contributed by atoms with Gasteiger partial charge in [-0.1, -0.05) is 13.0 Å². The van der Waals surface area contributed by atoms with Crippen molar-refractivity contribution in [3.8, 4) is 0 Å². The number of carbonyl (C=O) groups is 1. The molecule has 2 aliphatic carbocycles. The fourth-order valence-corrected chi connectivity index (χ4v) is 4.22. The van der Waals surface area contributed by atoms with Crippen LogP contribution in [0.1, 0.15) is 43.9 Å². The van der Waals surface area contributed by atoms with Gasteiger partial charge in [-0.05, 0) is 49.5 Å². The minimum absolute atomic E-state index is 0.174. The van der Waals surface area contributed by atoms with E-state index in [0.717, 1.165) is 25.8 Å². The number of hydrogen-bond donors (Lipinski definition) is 1. The summed E-state index contributed by atoms with van der Waals surface area (Å²) in [7, 11) is 0. The van der Waals surface area contributed by atoms with Gasteiger partial charge in [0.2, 0.25) is 0 Å². The molecule has 1 aromatic heterocycles. The third kappa shape index (κ3) is 3.07. The molecule has 3 atom stereocenters. The van der Waals surface area contributed by atoms with Crippen molar-refractivity contribution < 1.29 is 9.90 Å². The lowest BCUT2D eigenvalue weighted by Gasteiger charge is -2.40. The van der Waals surface area contributed by atoms with Gasteiger partial charge in [-0.3, -0.25) is 9.69 Å². The smallest absolute Gasteiger partial charge is 0.308 e. The number of nitrogens with zero attached hydrogens (tertiary/aromatic N) is 1. The van der Waals surface area contributed by atoms with E-state index in [-0.39, 0.29) is 12.0 Å². The van der Waals surface area contributed by atoms with Crippen LogP contribution in [0.4, 0.5) is 0 Å². The number of thiophene rings is 1. The molecule has 3 unspecified atom stereocenters. The van der Waals surface area contributed by atoms with E-state index in [4.69, 9.17) is 0 Å².